The average Bonchev–Trinajstić information content (AvgIpc) is 2.37. The van der Waals surface area contributed by atoms with Crippen LogP contribution in [0.15, 0.2) is 24.3 Å². The van der Waals surface area contributed by atoms with Crippen molar-refractivity contribution in [2.45, 2.75) is 33.6 Å². The van der Waals surface area contributed by atoms with Crippen molar-refractivity contribution in [2.24, 2.45) is 11.7 Å². The van der Waals surface area contributed by atoms with Gasteiger partial charge in [0.2, 0.25) is 5.91 Å². The second-order valence-corrected chi connectivity index (χ2v) is 4.86. The zero-order valence-corrected chi connectivity index (χ0v) is 11.6. The maximum absolute atomic E-state index is 12.2. The average molecular weight is 248 g/mol. The highest BCUT2D eigenvalue weighted by atomic mass is 16.2. The Morgan fingerprint density at radius 1 is 1.44 bits per heavy atom. The molecule has 1 atom stereocenters. The SMILES string of the molecule is CCN(C(=O)CCC(C)CN)c1cccc(C)c1. The molecule has 1 amide bonds. The van der Waals surface area contributed by atoms with Crippen molar-refractivity contribution >= 4 is 11.6 Å². The maximum Gasteiger partial charge on any atom is 0.226 e. The van der Waals surface area contributed by atoms with Gasteiger partial charge in [-0.1, -0.05) is 19.1 Å². The van der Waals surface area contributed by atoms with Crippen LogP contribution in [-0.4, -0.2) is 19.0 Å². The van der Waals surface area contributed by atoms with E-state index >= 15 is 0 Å². The van der Waals surface area contributed by atoms with Gasteiger partial charge in [-0.2, -0.15) is 0 Å². The molecule has 0 aliphatic rings. The number of anilines is 1. The van der Waals surface area contributed by atoms with E-state index in [1.165, 1.54) is 5.56 Å². The van der Waals surface area contributed by atoms with Gasteiger partial charge in [-0.05, 0) is 50.4 Å². The first kappa shape index (κ1) is 14.7. The smallest absolute Gasteiger partial charge is 0.226 e. The third-order valence-corrected chi connectivity index (χ3v) is 3.18. The fourth-order valence-electron chi connectivity index (χ4n) is 1.92. The molecule has 100 valence electrons. The molecule has 0 saturated carbocycles. The van der Waals surface area contributed by atoms with Crippen molar-refractivity contribution in [3.05, 3.63) is 29.8 Å². The Labute approximate surface area is 110 Å². The van der Waals surface area contributed by atoms with Gasteiger partial charge in [0, 0.05) is 18.7 Å². The molecule has 1 aromatic carbocycles. The van der Waals surface area contributed by atoms with Crippen molar-refractivity contribution < 1.29 is 4.79 Å². The van der Waals surface area contributed by atoms with Crippen LogP contribution < -0.4 is 10.6 Å². The lowest BCUT2D eigenvalue weighted by Crippen LogP contribution is -2.31. The summed E-state index contributed by atoms with van der Waals surface area (Å²) >= 11 is 0. The van der Waals surface area contributed by atoms with Crippen molar-refractivity contribution in [1.29, 1.82) is 0 Å². The molecule has 3 nitrogen and oxygen atoms in total. The van der Waals surface area contributed by atoms with Gasteiger partial charge in [0.15, 0.2) is 0 Å². The van der Waals surface area contributed by atoms with Crippen molar-refractivity contribution in [3.63, 3.8) is 0 Å². The van der Waals surface area contributed by atoms with Gasteiger partial charge >= 0.3 is 0 Å². The summed E-state index contributed by atoms with van der Waals surface area (Å²) in [5.74, 6) is 0.591. The summed E-state index contributed by atoms with van der Waals surface area (Å²) in [5, 5.41) is 0. The Balaban J connectivity index is 2.68. The number of hydrogen-bond donors (Lipinski definition) is 1. The molecular formula is C15H24N2O. The second kappa shape index (κ2) is 7.17. The molecule has 1 aromatic rings. The summed E-state index contributed by atoms with van der Waals surface area (Å²) in [6.45, 7) is 7.48. The molecular weight excluding hydrogens is 224 g/mol. The largest absolute Gasteiger partial charge is 0.330 e. The van der Waals surface area contributed by atoms with E-state index in [0.29, 0.717) is 25.4 Å². The number of rotatable bonds is 6. The first-order valence-corrected chi connectivity index (χ1v) is 6.65. The Bertz CT molecular complexity index is 390. The van der Waals surface area contributed by atoms with Gasteiger partial charge in [0.05, 0.1) is 0 Å². The summed E-state index contributed by atoms with van der Waals surface area (Å²) in [6.07, 6.45) is 1.43. The molecule has 0 radical (unpaired) electrons. The number of benzene rings is 1. The van der Waals surface area contributed by atoms with E-state index in [4.69, 9.17) is 5.73 Å². The molecule has 0 fully saturated rings. The van der Waals surface area contributed by atoms with Crippen molar-refractivity contribution in [1.82, 2.24) is 0 Å². The monoisotopic (exact) mass is 248 g/mol. The maximum atomic E-state index is 12.2. The number of hydrogen-bond acceptors (Lipinski definition) is 2. The van der Waals surface area contributed by atoms with Gasteiger partial charge < -0.3 is 10.6 Å². The number of carbonyl (C=O) groups excluding carboxylic acids is 1. The highest BCUT2D eigenvalue weighted by Crippen LogP contribution is 2.18. The fourth-order valence-corrected chi connectivity index (χ4v) is 1.92. The molecule has 1 unspecified atom stereocenters. The van der Waals surface area contributed by atoms with Crippen molar-refractivity contribution in [3.8, 4) is 0 Å². The first-order chi connectivity index (χ1) is 8.58. The quantitative estimate of drug-likeness (QED) is 0.841. The van der Waals surface area contributed by atoms with E-state index in [-0.39, 0.29) is 5.91 Å². The molecule has 0 aromatic heterocycles. The number of nitrogens with zero attached hydrogens (tertiary/aromatic N) is 1. The zero-order chi connectivity index (χ0) is 13.5. The Kier molecular flexibility index (Phi) is 5.86. The van der Waals surface area contributed by atoms with Crippen LogP contribution in [0.1, 0.15) is 32.3 Å². The predicted molar refractivity (Wildman–Crippen MR) is 76.7 cm³/mol. The van der Waals surface area contributed by atoms with Gasteiger partial charge in [0.25, 0.3) is 0 Å². The van der Waals surface area contributed by atoms with Gasteiger partial charge in [-0.15, -0.1) is 0 Å². The van der Waals surface area contributed by atoms with E-state index in [9.17, 15) is 4.79 Å². The summed E-state index contributed by atoms with van der Waals surface area (Å²) in [7, 11) is 0. The third-order valence-electron chi connectivity index (χ3n) is 3.18. The molecule has 0 spiro atoms. The third kappa shape index (κ3) is 4.15. The van der Waals surface area contributed by atoms with Crippen LogP contribution in [-0.2, 0) is 4.79 Å². The molecule has 0 heterocycles. The van der Waals surface area contributed by atoms with E-state index in [2.05, 4.69) is 6.92 Å². The highest BCUT2D eigenvalue weighted by molar-refractivity contribution is 5.93. The summed E-state index contributed by atoms with van der Waals surface area (Å²) < 4.78 is 0. The minimum absolute atomic E-state index is 0.184. The van der Waals surface area contributed by atoms with Crippen LogP contribution in [0.4, 0.5) is 5.69 Å². The van der Waals surface area contributed by atoms with Crippen LogP contribution >= 0.6 is 0 Å². The Hall–Kier alpha value is -1.35. The van der Waals surface area contributed by atoms with E-state index < -0.39 is 0 Å². The standard InChI is InChI=1S/C15H24N2O/c1-4-17(14-7-5-6-12(2)10-14)15(18)9-8-13(3)11-16/h5-7,10,13H,4,8-9,11,16H2,1-3H3. The molecule has 1 rings (SSSR count). The molecule has 0 saturated heterocycles. The van der Waals surface area contributed by atoms with E-state index in [1.807, 2.05) is 43.0 Å². The minimum Gasteiger partial charge on any atom is -0.330 e. The molecule has 2 N–H and O–H groups in total. The molecule has 3 heteroatoms. The van der Waals surface area contributed by atoms with Gasteiger partial charge in [-0.25, -0.2) is 0 Å². The molecule has 18 heavy (non-hydrogen) atoms. The fraction of sp³-hybridized carbons (Fsp3) is 0.533. The lowest BCUT2D eigenvalue weighted by atomic mass is 10.1. The molecule has 0 bridgehead atoms. The predicted octanol–water partition coefficient (Wildman–Crippen LogP) is 2.72. The minimum atomic E-state index is 0.184. The van der Waals surface area contributed by atoms with Crippen LogP contribution in [0, 0.1) is 12.8 Å². The van der Waals surface area contributed by atoms with E-state index in [0.717, 1.165) is 12.1 Å². The Morgan fingerprint density at radius 3 is 2.72 bits per heavy atom. The van der Waals surface area contributed by atoms with Gasteiger partial charge in [0.1, 0.15) is 0 Å². The zero-order valence-electron chi connectivity index (χ0n) is 11.6. The normalized spacial score (nSPS) is 12.2. The second-order valence-electron chi connectivity index (χ2n) is 4.86. The summed E-state index contributed by atoms with van der Waals surface area (Å²) in [5.41, 5.74) is 7.74. The lowest BCUT2D eigenvalue weighted by Gasteiger charge is -2.22. The number of aryl methyl sites for hydroxylation is 1. The topological polar surface area (TPSA) is 46.3 Å². The number of carbonyl (C=O) groups is 1. The van der Waals surface area contributed by atoms with Crippen LogP contribution in [0.2, 0.25) is 0 Å². The van der Waals surface area contributed by atoms with Crippen molar-refractivity contribution in [2.75, 3.05) is 18.0 Å². The number of amides is 1. The van der Waals surface area contributed by atoms with Crippen LogP contribution in [0.25, 0.3) is 0 Å². The molecule has 0 aliphatic carbocycles. The summed E-state index contributed by atoms with van der Waals surface area (Å²) in [6, 6.07) is 8.07. The van der Waals surface area contributed by atoms with Crippen LogP contribution in [0.5, 0.6) is 0 Å². The number of nitrogens with two attached hydrogens (primary N) is 1. The lowest BCUT2D eigenvalue weighted by molar-refractivity contribution is -0.118. The van der Waals surface area contributed by atoms with E-state index in [1.54, 1.807) is 0 Å². The molecule has 0 aliphatic heterocycles. The van der Waals surface area contributed by atoms with Gasteiger partial charge in [-0.3, -0.25) is 4.79 Å². The first-order valence-electron chi connectivity index (χ1n) is 6.65. The highest BCUT2D eigenvalue weighted by Gasteiger charge is 2.14. The van der Waals surface area contributed by atoms with Crippen LogP contribution in [0.3, 0.4) is 0 Å². The Morgan fingerprint density at radius 2 is 2.17 bits per heavy atom. The summed E-state index contributed by atoms with van der Waals surface area (Å²) in [4.78, 5) is 14.0.